The van der Waals surface area contributed by atoms with Crippen LogP contribution in [0.2, 0.25) is 13.6 Å². The summed E-state index contributed by atoms with van der Waals surface area (Å²) in [5.41, 5.74) is 4.28. The molecule has 1 heteroatoms. The zero-order valence-corrected chi connectivity index (χ0v) is 14.3. The van der Waals surface area contributed by atoms with Crippen LogP contribution < -0.4 is 5.46 Å². The van der Waals surface area contributed by atoms with Crippen LogP contribution in [0.3, 0.4) is 0 Å². The highest BCUT2D eigenvalue weighted by atomic mass is 14.1. The van der Waals surface area contributed by atoms with Crippen molar-refractivity contribution in [3.8, 4) is 0 Å². The first-order chi connectivity index (χ1) is 11.8. The van der Waals surface area contributed by atoms with E-state index in [1.54, 1.807) is 0 Å². The van der Waals surface area contributed by atoms with Gasteiger partial charge in [0.25, 0.3) is 0 Å². The van der Waals surface area contributed by atoms with E-state index in [0.29, 0.717) is 6.71 Å². The Morgan fingerprint density at radius 1 is 0.583 bits per heavy atom. The maximum Gasteiger partial charge on any atom is 0.171 e. The number of benzene rings is 4. The van der Waals surface area contributed by atoms with E-state index in [9.17, 15) is 0 Å². The number of hydrogen-bond acceptors (Lipinski definition) is 0. The first-order valence-corrected chi connectivity index (χ1v) is 8.72. The Labute approximate surface area is 144 Å². The summed E-state index contributed by atoms with van der Waals surface area (Å²) < 4.78 is 0. The Bertz CT molecular complexity index is 943. The van der Waals surface area contributed by atoms with Gasteiger partial charge in [-0.05, 0) is 39.1 Å². The van der Waals surface area contributed by atoms with Crippen molar-refractivity contribution in [1.29, 1.82) is 0 Å². The van der Waals surface area contributed by atoms with Crippen LogP contribution in [0.5, 0.6) is 0 Å². The molecule has 116 valence electrons. The molecule has 0 fully saturated rings. The van der Waals surface area contributed by atoms with Gasteiger partial charge in [0.15, 0.2) is 6.71 Å². The van der Waals surface area contributed by atoms with E-state index in [2.05, 4.69) is 92.5 Å². The highest BCUT2D eigenvalue weighted by Crippen LogP contribution is 2.29. The SMILES string of the molecule is CB(C)c1c2ccccc2c(Cc2ccccc2)c2ccccc12. The molecule has 0 aromatic heterocycles. The highest BCUT2D eigenvalue weighted by Gasteiger charge is 2.16. The minimum Gasteiger partial charge on any atom is -0.0819 e. The van der Waals surface area contributed by atoms with Crippen molar-refractivity contribution in [3.63, 3.8) is 0 Å². The lowest BCUT2D eigenvalue weighted by Crippen LogP contribution is -2.25. The lowest BCUT2D eigenvalue weighted by Gasteiger charge is -2.18. The Kier molecular flexibility index (Phi) is 3.86. The van der Waals surface area contributed by atoms with Crippen molar-refractivity contribution < 1.29 is 0 Å². The van der Waals surface area contributed by atoms with Crippen molar-refractivity contribution in [1.82, 2.24) is 0 Å². The third kappa shape index (κ3) is 2.51. The van der Waals surface area contributed by atoms with Gasteiger partial charge < -0.3 is 0 Å². The van der Waals surface area contributed by atoms with E-state index in [-0.39, 0.29) is 0 Å². The average molecular weight is 308 g/mol. The molecule has 0 nitrogen and oxygen atoms in total. The fraction of sp³-hybridized carbons (Fsp3) is 0.130. The van der Waals surface area contributed by atoms with Crippen LogP contribution in [0.4, 0.5) is 0 Å². The first kappa shape index (κ1) is 15.0. The molecule has 4 aromatic rings. The molecule has 4 rings (SSSR count). The molecular formula is C23H21B. The van der Waals surface area contributed by atoms with Gasteiger partial charge in [-0.25, -0.2) is 0 Å². The maximum atomic E-state index is 2.30. The topological polar surface area (TPSA) is 0 Å². The minimum absolute atomic E-state index is 0.505. The minimum atomic E-state index is 0.505. The van der Waals surface area contributed by atoms with Crippen LogP contribution in [-0.2, 0) is 6.42 Å². The molecule has 0 amide bonds. The molecule has 0 aliphatic carbocycles. The summed E-state index contributed by atoms with van der Waals surface area (Å²) in [7, 11) is 0. The van der Waals surface area contributed by atoms with Gasteiger partial charge in [0, 0.05) is 0 Å². The summed E-state index contributed by atoms with van der Waals surface area (Å²) in [6.45, 7) is 5.10. The molecule has 0 N–H and O–H groups in total. The van der Waals surface area contributed by atoms with Crippen molar-refractivity contribution >= 4 is 33.7 Å². The molecule has 0 unspecified atom stereocenters. The molecule has 0 aliphatic rings. The van der Waals surface area contributed by atoms with Crippen molar-refractivity contribution in [2.75, 3.05) is 0 Å². The summed E-state index contributed by atoms with van der Waals surface area (Å²) in [6.07, 6.45) is 0.972. The Morgan fingerprint density at radius 2 is 1.04 bits per heavy atom. The molecule has 0 aliphatic heterocycles. The molecule has 0 radical (unpaired) electrons. The summed E-state index contributed by atoms with van der Waals surface area (Å²) in [4.78, 5) is 0. The first-order valence-electron chi connectivity index (χ1n) is 8.72. The summed E-state index contributed by atoms with van der Waals surface area (Å²) in [5, 5.41) is 5.58. The number of rotatable bonds is 3. The van der Waals surface area contributed by atoms with E-state index in [0.717, 1.165) is 6.42 Å². The summed E-state index contributed by atoms with van der Waals surface area (Å²) in [6, 6.07) is 28.6. The van der Waals surface area contributed by atoms with E-state index in [1.807, 2.05) is 0 Å². The third-order valence-corrected chi connectivity index (χ3v) is 4.89. The van der Waals surface area contributed by atoms with Gasteiger partial charge in [0.2, 0.25) is 0 Å². The van der Waals surface area contributed by atoms with Crippen LogP contribution >= 0.6 is 0 Å². The van der Waals surface area contributed by atoms with Crippen LogP contribution in [-0.4, -0.2) is 6.71 Å². The lowest BCUT2D eigenvalue weighted by atomic mass is 9.47. The van der Waals surface area contributed by atoms with E-state index >= 15 is 0 Å². The molecule has 0 heterocycles. The highest BCUT2D eigenvalue weighted by molar-refractivity contribution is 6.76. The fourth-order valence-corrected chi connectivity index (χ4v) is 3.86. The van der Waals surface area contributed by atoms with Crippen molar-refractivity contribution in [2.24, 2.45) is 0 Å². The van der Waals surface area contributed by atoms with Crippen LogP contribution in [0.15, 0.2) is 78.9 Å². The van der Waals surface area contributed by atoms with Gasteiger partial charge >= 0.3 is 0 Å². The van der Waals surface area contributed by atoms with Crippen LogP contribution in [0, 0.1) is 0 Å². The zero-order chi connectivity index (χ0) is 16.5. The second kappa shape index (κ2) is 6.16. The molecule has 0 bridgehead atoms. The predicted molar refractivity (Wildman–Crippen MR) is 108 cm³/mol. The summed E-state index contributed by atoms with van der Waals surface area (Å²) in [5.74, 6) is 0. The van der Waals surface area contributed by atoms with E-state index in [1.165, 1.54) is 38.1 Å². The molecular weight excluding hydrogens is 287 g/mol. The quantitative estimate of drug-likeness (QED) is 0.344. The van der Waals surface area contributed by atoms with Gasteiger partial charge in [-0.2, -0.15) is 0 Å². The van der Waals surface area contributed by atoms with E-state index < -0.39 is 0 Å². The van der Waals surface area contributed by atoms with Crippen LogP contribution in [0.25, 0.3) is 21.5 Å². The van der Waals surface area contributed by atoms with Crippen molar-refractivity contribution in [3.05, 3.63) is 90.0 Å². The second-order valence-electron chi connectivity index (χ2n) is 6.80. The van der Waals surface area contributed by atoms with Crippen molar-refractivity contribution in [2.45, 2.75) is 20.1 Å². The Morgan fingerprint density at radius 3 is 1.54 bits per heavy atom. The number of hydrogen-bond donors (Lipinski definition) is 0. The smallest absolute Gasteiger partial charge is 0.0819 e. The Balaban J connectivity index is 2.09. The van der Waals surface area contributed by atoms with Gasteiger partial charge in [-0.3, -0.25) is 0 Å². The maximum absolute atomic E-state index is 2.30. The standard InChI is InChI=1S/C23H21B/c1-24(2)23-20-14-8-6-12-18(20)22(16-17-10-4-3-5-11-17)19-13-7-9-15-21(19)23/h3-15H,16H2,1-2H3. The molecule has 4 aromatic carbocycles. The average Bonchev–Trinajstić information content (AvgIpc) is 2.62. The number of fused-ring (bicyclic) bond motifs is 2. The Hall–Kier alpha value is -2.54. The molecule has 0 atom stereocenters. The largest absolute Gasteiger partial charge is 0.171 e. The zero-order valence-electron chi connectivity index (χ0n) is 14.3. The lowest BCUT2D eigenvalue weighted by molar-refractivity contribution is 1.23. The van der Waals surface area contributed by atoms with Gasteiger partial charge in [-0.1, -0.05) is 98.0 Å². The van der Waals surface area contributed by atoms with Gasteiger partial charge in [-0.15, -0.1) is 0 Å². The second-order valence-corrected chi connectivity index (χ2v) is 6.80. The van der Waals surface area contributed by atoms with Crippen LogP contribution in [0.1, 0.15) is 11.1 Å². The molecule has 0 saturated heterocycles. The normalized spacial score (nSPS) is 11.1. The molecule has 24 heavy (non-hydrogen) atoms. The molecule has 0 saturated carbocycles. The van der Waals surface area contributed by atoms with Gasteiger partial charge in [0.1, 0.15) is 0 Å². The monoisotopic (exact) mass is 308 g/mol. The predicted octanol–water partition coefficient (Wildman–Crippen LogP) is 5.55. The van der Waals surface area contributed by atoms with Gasteiger partial charge in [0.05, 0.1) is 0 Å². The van der Waals surface area contributed by atoms with E-state index in [4.69, 9.17) is 0 Å². The third-order valence-electron chi connectivity index (χ3n) is 4.89. The molecule has 0 spiro atoms. The summed E-state index contributed by atoms with van der Waals surface area (Å²) >= 11 is 0. The fourth-order valence-electron chi connectivity index (χ4n) is 3.86.